The number of aromatic amines is 1. The van der Waals surface area contributed by atoms with Gasteiger partial charge < -0.3 is 9.72 Å². The zero-order valence-electron chi connectivity index (χ0n) is 11.5. The molecule has 0 aliphatic heterocycles. The largest absolute Gasteiger partial charge is 0.493 e. The third-order valence-corrected chi connectivity index (χ3v) is 3.85. The molecule has 0 bridgehead atoms. The maximum absolute atomic E-state index is 12.7. The van der Waals surface area contributed by atoms with Crippen LogP contribution in [0.25, 0.3) is 10.9 Å². The van der Waals surface area contributed by atoms with Gasteiger partial charge in [0.15, 0.2) is 5.78 Å². The second-order valence-corrected chi connectivity index (χ2v) is 5.57. The van der Waals surface area contributed by atoms with Crippen molar-refractivity contribution in [2.24, 2.45) is 0 Å². The number of rotatable bonds is 4. The Labute approximate surface area is 131 Å². The summed E-state index contributed by atoms with van der Waals surface area (Å²) in [6, 6.07) is 13.1. The van der Waals surface area contributed by atoms with Crippen LogP contribution in [0.15, 0.2) is 53.1 Å². The maximum Gasteiger partial charge on any atom is 0.195 e. The summed E-state index contributed by atoms with van der Waals surface area (Å²) in [6.07, 6.45) is 1.75. The standard InChI is InChI=1S/C17H14BrNO2/c1-2-21-15-5-3-4-14-16(15)13(10-19-14)17(20)11-6-8-12(18)9-7-11/h3-10,19H,2H2,1H3. The summed E-state index contributed by atoms with van der Waals surface area (Å²) in [5.41, 5.74) is 2.20. The van der Waals surface area contributed by atoms with Gasteiger partial charge in [0.25, 0.3) is 0 Å². The van der Waals surface area contributed by atoms with Crippen LogP contribution in [0.4, 0.5) is 0 Å². The molecule has 0 aliphatic carbocycles. The summed E-state index contributed by atoms with van der Waals surface area (Å²) in [7, 11) is 0. The SMILES string of the molecule is CCOc1cccc2[nH]cc(C(=O)c3ccc(Br)cc3)c12. The molecule has 3 aromatic rings. The third-order valence-electron chi connectivity index (χ3n) is 3.32. The van der Waals surface area contributed by atoms with Crippen molar-refractivity contribution in [2.45, 2.75) is 6.92 Å². The van der Waals surface area contributed by atoms with Gasteiger partial charge in [-0.1, -0.05) is 22.0 Å². The number of benzene rings is 2. The lowest BCUT2D eigenvalue weighted by Gasteiger charge is -2.06. The monoisotopic (exact) mass is 343 g/mol. The molecule has 0 aliphatic rings. The Bertz CT molecular complexity index is 790. The van der Waals surface area contributed by atoms with Crippen LogP contribution in [0.1, 0.15) is 22.8 Å². The Morgan fingerprint density at radius 1 is 1.19 bits per heavy atom. The highest BCUT2D eigenvalue weighted by atomic mass is 79.9. The fraction of sp³-hybridized carbons (Fsp3) is 0.118. The zero-order chi connectivity index (χ0) is 14.8. The number of nitrogens with one attached hydrogen (secondary N) is 1. The van der Waals surface area contributed by atoms with E-state index in [2.05, 4.69) is 20.9 Å². The van der Waals surface area contributed by atoms with Crippen molar-refractivity contribution in [3.8, 4) is 5.75 Å². The highest BCUT2D eigenvalue weighted by molar-refractivity contribution is 9.10. The molecule has 0 amide bonds. The topological polar surface area (TPSA) is 42.1 Å². The van der Waals surface area contributed by atoms with Crippen LogP contribution in [-0.4, -0.2) is 17.4 Å². The number of ether oxygens (including phenoxy) is 1. The molecule has 106 valence electrons. The van der Waals surface area contributed by atoms with Crippen LogP contribution >= 0.6 is 15.9 Å². The lowest BCUT2D eigenvalue weighted by Crippen LogP contribution is -2.01. The fourth-order valence-corrected chi connectivity index (χ4v) is 2.63. The van der Waals surface area contributed by atoms with Gasteiger partial charge in [-0.2, -0.15) is 0 Å². The van der Waals surface area contributed by atoms with E-state index in [0.717, 1.165) is 21.1 Å². The molecule has 3 nitrogen and oxygen atoms in total. The van der Waals surface area contributed by atoms with E-state index in [-0.39, 0.29) is 5.78 Å². The van der Waals surface area contributed by atoms with Gasteiger partial charge in [0.05, 0.1) is 17.6 Å². The molecular weight excluding hydrogens is 330 g/mol. The van der Waals surface area contributed by atoms with E-state index in [4.69, 9.17) is 4.74 Å². The molecule has 0 saturated carbocycles. The van der Waals surface area contributed by atoms with Crippen LogP contribution in [-0.2, 0) is 0 Å². The first-order chi connectivity index (χ1) is 10.2. The summed E-state index contributed by atoms with van der Waals surface area (Å²) in [4.78, 5) is 15.8. The van der Waals surface area contributed by atoms with Gasteiger partial charge in [-0.3, -0.25) is 4.79 Å². The number of hydrogen-bond acceptors (Lipinski definition) is 2. The fourth-order valence-electron chi connectivity index (χ4n) is 2.36. The smallest absolute Gasteiger partial charge is 0.195 e. The molecule has 0 unspecified atom stereocenters. The van der Waals surface area contributed by atoms with Gasteiger partial charge in [0, 0.05) is 21.7 Å². The first-order valence-corrected chi connectivity index (χ1v) is 7.53. The number of H-pyrrole nitrogens is 1. The number of hydrogen-bond donors (Lipinski definition) is 1. The Morgan fingerprint density at radius 3 is 2.67 bits per heavy atom. The average Bonchev–Trinajstić information content (AvgIpc) is 2.93. The summed E-state index contributed by atoms with van der Waals surface area (Å²) >= 11 is 3.38. The molecule has 1 heterocycles. The van der Waals surface area contributed by atoms with E-state index >= 15 is 0 Å². The van der Waals surface area contributed by atoms with Crippen LogP contribution in [0.2, 0.25) is 0 Å². The van der Waals surface area contributed by atoms with E-state index in [0.29, 0.717) is 17.7 Å². The predicted molar refractivity (Wildman–Crippen MR) is 87.0 cm³/mol. The van der Waals surface area contributed by atoms with Crippen molar-refractivity contribution < 1.29 is 9.53 Å². The van der Waals surface area contributed by atoms with Gasteiger partial charge in [-0.25, -0.2) is 0 Å². The lowest BCUT2D eigenvalue weighted by molar-refractivity contribution is 0.104. The molecule has 0 radical (unpaired) electrons. The van der Waals surface area contributed by atoms with E-state index in [1.54, 1.807) is 6.20 Å². The second kappa shape index (κ2) is 5.74. The minimum absolute atomic E-state index is 0.0131. The Balaban J connectivity index is 2.11. The molecule has 1 N–H and O–H groups in total. The van der Waals surface area contributed by atoms with Crippen LogP contribution in [0.3, 0.4) is 0 Å². The quantitative estimate of drug-likeness (QED) is 0.705. The predicted octanol–water partition coefficient (Wildman–Crippen LogP) is 4.56. The van der Waals surface area contributed by atoms with Gasteiger partial charge >= 0.3 is 0 Å². The molecule has 0 spiro atoms. The number of fused-ring (bicyclic) bond motifs is 1. The van der Waals surface area contributed by atoms with Gasteiger partial charge in [-0.05, 0) is 43.3 Å². The molecule has 0 saturated heterocycles. The minimum atomic E-state index is -0.0131. The van der Waals surface area contributed by atoms with E-state index in [1.165, 1.54) is 0 Å². The average molecular weight is 344 g/mol. The summed E-state index contributed by atoms with van der Waals surface area (Å²) in [5.74, 6) is 0.720. The second-order valence-electron chi connectivity index (χ2n) is 4.65. The molecule has 1 aromatic heterocycles. The molecule has 3 rings (SSSR count). The normalized spacial score (nSPS) is 10.8. The van der Waals surface area contributed by atoms with Gasteiger partial charge in [0.1, 0.15) is 5.75 Å². The molecule has 21 heavy (non-hydrogen) atoms. The molecule has 0 fully saturated rings. The third kappa shape index (κ3) is 2.59. The van der Waals surface area contributed by atoms with E-state index < -0.39 is 0 Å². The lowest BCUT2D eigenvalue weighted by atomic mass is 10.0. The van der Waals surface area contributed by atoms with E-state index in [9.17, 15) is 4.79 Å². The number of aromatic nitrogens is 1. The molecular formula is C17H14BrNO2. The zero-order valence-corrected chi connectivity index (χ0v) is 13.1. The number of ketones is 1. The van der Waals surface area contributed by atoms with Crippen molar-refractivity contribution in [2.75, 3.05) is 6.61 Å². The number of carbonyl (C=O) groups is 1. The van der Waals surface area contributed by atoms with Gasteiger partial charge in [-0.15, -0.1) is 0 Å². The van der Waals surface area contributed by atoms with Crippen LogP contribution in [0, 0.1) is 0 Å². The Kier molecular flexibility index (Phi) is 3.80. The first-order valence-electron chi connectivity index (χ1n) is 6.74. The van der Waals surface area contributed by atoms with Crippen molar-refractivity contribution in [1.29, 1.82) is 0 Å². The molecule has 0 atom stereocenters. The van der Waals surface area contributed by atoms with Crippen molar-refractivity contribution >= 4 is 32.6 Å². The Morgan fingerprint density at radius 2 is 1.95 bits per heavy atom. The van der Waals surface area contributed by atoms with Crippen LogP contribution in [0.5, 0.6) is 5.75 Å². The molecule has 4 heteroatoms. The Hall–Kier alpha value is -2.07. The maximum atomic E-state index is 12.7. The highest BCUT2D eigenvalue weighted by Gasteiger charge is 2.17. The van der Waals surface area contributed by atoms with Crippen molar-refractivity contribution in [1.82, 2.24) is 4.98 Å². The first kappa shape index (κ1) is 13.9. The number of carbonyl (C=O) groups excluding carboxylic acids is 1. The highest BCUT2D eigenvalue weighted by Crippen LogP contribution is 2.30. The summed E-state index contributed by atoms with van der Waals surface area (Å²) < 4.78 is 6.60. The summed E-state index contributed by atoms with van der Waals surface area (Å²) in [5, 5.41) is 0.840. The van der Waals surface area contributed by atoms with Crippen molar-refractivity contribution in [3.05, 3.63) is 64.3 Å². The summed E-state index contributed by atoms with van der Waals surface area (Å²) in [6.45, 7) is 2.50. The number of halogens is 1. The molecule has 2 aromatic carbocycles. The minimum Gasteiger partial charge on any atom is -0.493 e. The van der Waals surface area contributed by atoms with Crippen LogP contribution < -0.4 is 4.74 Å². The van der Waals surface area contributed by atoms with Gasteiger partial charge in [0.2, 0.25) is 0 Å². The van der Waals surface area contributed by atoms with E-state index in [1.807, 2.05) is 49.4 Å². The van der Waals surface area contributed by atoms with Crippen molar-refractivity contribution in [3.63, 3.8) is 0 Å².